The van der Waals surface area contributed by atoms with Gasteiger partial charge in [-0.15, -0.1) is 0 Å². The summed E-state index contributed by atoms with van der Waals surface area (Å²) < 4.78 is 0. The molecule has 0 amide bonds. The number of phenols is 1. The van der Waals surface area contributed by atoms with Crippen molar-refractivity contribution in [2.75, 3.05) is 10.6 Å². The smallest absolute Gasteiger partial charge is 0.269 e. The SMILES string of the molecule is O=C(/C=C/c1cccnc1Nc1ccc([N+](=O)[O-])cc1)c1cccnc1Nc1ccc(O)cc1. The van der Waals surface area contributed by atoms with Crippen LogP contribution in [0, 0.1) is 10.1 Å². The minimum absolute atomic E-state index is 0.00882. The fraction of sp³-hybridized carbons (Fsp3) is 0. The van der Waals surface area contributed by atoms with Crippen molar-refractivity contribution in [2.45, 2.75) is 0 Å². The van der Waals surface area contributed by atoms with Gasteiger partial charge in [0.2, 0.25) is 0 Å². The predicted molar refractivity (Wildman–Crippen MR) is 130 cm³/mol. The Bertz CT molecular complexity index is 1350. The minimum Gasteiger partial charge on any atom is -0.508 e. The quantitative estimate of drug-likeness (QED) is 0.105. The average molecular weight is 453 g/mol. The van der Waals surface area contributed by atoms with Crippen LogP contribution in [0.1, 0.15) is 15.9 Å². The number of anilines is 4. The summed E-state index contributed by atoms with van der Waals surface area (Å²) in [6, 6.07) is 19.3. The molecule has 2 aromatic heterocycles. The van der Waals surface area contributed by atoms with Crippen LogP contribution in [0.2, 0.25) is 0 Å². The molecule has 0 bridgehead atoms. The van der Waals surface area contributed by atoms with Gasteiger partial charge in [-0.05, 0) is 72.8 Å². The highest BCUT2D eigenvalue weighted by Crippen LogP contribution is 2.24. The summed E-state index contributed by atoms with van der Waals surface area (Å²) in [4.78, 5) is 31.9. The summed E-state index contributed by atoms with van der Waals surface area (Å²) in [5.74, 6) is 0.757. The van der Waals surface area contributed by atoms with Gasteiger partial charge in [-0.1, -0.05) is 0 Å². The Morgan fingerprint density at radius 2 is 1.44 bits per heavy atom. The maximum atomic E-state index is 12.9. The van der Waals surface area contributed by atoms with Crippen LogP contribution in [-0.2, 0) is 0 Å². The number of ketones is 1. The monoisotopic (exact) mass is 453 g/mol. The van der Waals surface area contributed by atoms with E-state index in [1.165, 1.54) is 30.3 Å². The number of aromatic nitrogens is 2. The first-order valence-corrected chi connectivity index (χ1v) is 10.2. The summed E-state index contributed by atoms with van der Waals surface area (Å²) in [7, 11) is 0. The third-order valence-electron chi connectivity index (χ3n) is 4.80. The van der Waals surface area contributed by atoms with Crippen molar-refractivity contribution in [3.05, 3.63) is 113 Å². The number of nitro benzene ring substituents is 1. The van der Waals surface area contributed by atoms with Crippen LogP contribution in [0.25, 0.3) is 6.08 Å². The van der Waals surface area contributed by atoms with E-state index in [0.29, 0.717) is 34.1 Å². The van der Waals surface area contributed by atoms with Crippen molar-refractivity contribution >= 4 is 40.6 Å². The van der Waals surface area contributed by atoms with Crippen molar-refractivity contribution < 1.29 is 14.8 Å². The van der Waals surface area contributed by atoms with E-state index in [4.69, 9.17) is 0 Å². The van der Waals surface area contributed by atoms with E-state index in [1.807, 2.05) is 0 Å². The molecule has 0 saturated heterocycles. The number of allylic oxidation sites excluding steroid dienone is 1. The fourth-order valence-corrected chi connectivity index (χ4v) is 3.10. The van der Waals surface area contributed by atoms with E-state index < -0.39 is 4.92 Å². The molecule has 0 radical (unpaired) electrons. The van der Waals surface area contributed by atoms with Crippen LogP contribution in [-0.4, -0.2) is 25.8 Å². The number of benzene rings is 2. The van der Waals surface area contributed by atoms with Crippen LogP contribution in [0.5, 0.6) is 5.75 Å². The van der Waals surface area contributed by atoms with Gasteiger partial charge in [0, 0.05) is 41.5 Å². The summed E-state index contributed by atoms with van der Waals surface area (Å²) in [5.41, 5.74) is 2.33. The van der Waals surface area contributed by atoms with Crippen LogP contribution < -0.4 is 10.6 Å². The van der Waals surface area contributed by atoms with Gasteiger partial charge in [0.15, 0.2) is 5.78 Å². The molecule has 0 spiro atoms. The summed E-state index contributed by atoms with van der Waals surface area (Å²) in [6.07, 6.45) is 6.25. The lowest BCUT2D eigenvalue weighted by Crippen LogP contribution is -2.03. The van der Waals surface area contributed by atoms with Crippen LogP contribution in [0.3, 0.4) is 0 Å². The molecule has 9 nitrogen and oxygen atoms in total. The van der Waals surface area contributed by atoms with Crippen molar-refractivity contribution in [3.63, 3.8) is 0 Å². The highest BCUT2D eigenvalue weighted by Gasteiger charge is 2.11. The second kappa shape index (κ2) is 10.0. The molecule has 4 aromatic rings. The first-order chi connectivity index (χ1) is 16.5. The third-order valence-corrected chi connectivity index (χ3v) is 4.80. The first kappa shape index (κ1) is 22.2. The summed E-state index contributed by atoms with van der Waals surface area (Å²) in [6.45, 7) is 0. The predicted octanol–water partition coefficient (Wildman–Crippen LogP) is 5.47. The highest BCUT2D eigenvalue weighted by atomic mass is 16.6. The van der Waals surface area contributed by atoms with Gasteiger partial charge >= 0.3 is 0 Å². The fourth-order valence-electron chi connectivity index (χ4n) is 3.10. The standard InChI is InChI=1S/C25H19N5O4/c31-21-12-8-19(9-13-21)29-25-22(4-2-16-27-25)23(32)14-5-17-3-1-15-26-24(17)28-18-6-10-20(11-7-18)30(33)34/h1-16,31H,(H,26,28)(H,27,29)/b14-5+. The lowest BCUT2D eigenvalue weighted by molar-refractivity contribution is -0.384. The van der Waals surface area contributed by atoms with Crippen molar-refractivity contribution in [3.8, 4) is 5.75 Å². The van der Waals surface area contributed by atoms with Gasteiger partial charge in [-0.25, -0.2) is 9.97 Å². The number of non-ortho nitro benzene ring substituents is 1. The molecular weight excluding hydrogens is 434 g/mol. The van der Waals surface area contributed by atoms with Gasteiger partial charge in [0.05, 0.1) is 10.5 Å². The summed E-state index contributed by atoms with van der Waals surface area (Å²) in [5, 5.41) is 26.5. The minimum atomic E-state index is -0.465. The Hall–Kier alpha value is -5.05. The lowest BCUT2D eigenvalue weighted by atomic mass is 10.1. The molecule has 2 heterocycles. The Kier molecular flexibility index (Phi) is 6.55. The van der Waals surface area contributed by atoms with Crippen molar-refractivity contribution in [1.82, 2.24) is 9.97 Å². The van der Waals surface area contributed by atoms with E-state index in [0.717, 1.165) is 0 Å². The molecule has 0 fully saturated rings. The van der Waals surface area contributed by atoms with E-state index in [1.54, 1.807) is 67.0 Å². The van der Waals surface area contributed by atoms with Crippen LogP contribution in [0.4, 0.5) is 28.7 Å². The zero-order valence-corrected chi connectivity index (χ0v) is 17.8. The number of carbonyl (C=O) groups is 1. The Morgan fingerprint density at radius 3 is 2.12 bits per heavy atom. The molecule has 4 rings (SSSR count). The Labute approximate surface area is 194 Å². The van der Waals surface area contributed by atoms with Crippen LogP contribution in [0.15, 0.2) is 91.3 Å². The summed E-state index contributed by atoms with van der Waals surface area (Å²) >= 11 is 0. The first-order valence-electron chi connectivity index (χ1n) is 10.2. The number of nitrogens with one attached hydrogen (secondary N) is 2. The second-order valence-corrected chi connectivity index (χ2v) is 7.14. The number of nitro groups is 1. The number of nitrogens with zero attached hydrogens (tertiary/aromatic N) is 3. The molecule has 0 aliphatic heterocycles. The molecule has 168 valence electrons. The van der Waals surface area contributed by atoms with Gasteiger partial charge in [-0.2, -0.15) is 0 Å². The van der Waals surface area contributed by atoms with E-state index >= 15 is 0 Å². The molecule has 0 unspecified atom stereocenters. The third kappa shape index (κ3) is 5.40. The Balaban J connectivity index is 1.53. The molecule has 9 heteroatoms. The average Bonchev–Trinajstić information content (AvgIpc) is 2.85. The van der Waals surface area contributed by atoms with E-state index in [2.05, 4.69) is 20.6 Å². The zero-order valence-electron chi connectivity index (χ0n) is 17.8. The van der Waals surface area contributed by atoms with Crippen molar-refractivity contribution in [2.24, 2.45) is 0 Å². The number of pyridine rings is 2. The number of aromatic hydroxyl groups is 1. The number of carbonyl (C=O) groups excluding carboxylic acids is 1. The normalized spacial score (nSPS) is 10.7. The number of phenolic OH excluding ortho intramolecular Hbond substituents is 1. The number of hydrogen-bond acceptors (Lipinski definition) is 8. The molecule has 3 N–H and O–H groups in total. The molecular formula is C25H19N5O4. The molecule has 0 saturated carbocycles. The van der Waals surface area contributed by atoms with E-state index in [-0.39, 0.29) is 17.2 Å². The zero-order chi connectivity index (χ0) is 23.9. The lowest BCUT2D eigenvalue weighted by Gasteiger charge is -2.10. The van der Waals surface area contributed by atoms with Crippen molar-refractivity contribution in [1.29, 1.82) is 0 Å². The van der Waals surface area contributed by atoms with Gasteiger partial charge < -0.3 is 15.7 Å². The number of rotatable bonds is 8. The van der Waals surface area contributed by atoms with Gasteiger partial charge in [-0.3, -0.25) is 14.9 Å². The van der Waals surface area contributed by atoms with Gasteiger partial charge in [0.25, 0.3) is 5.69 Å². The molecule has 34 heavy (non-hydrogen) atoms. The largest absolute Gasteiger partial charge is 0.508 e. The molecule has 0 atom stereocenters. The molecule has 0 aliphatic carbocycles. The maximum Gasteiger partial charge on any atom is 0.269 e. The Morgan fingerprint density at radius 1 is 0.853 bits per heavy atom. The van der Waals surface area contributed by atoms with Gasteiger partial charge in [0.1, 0.15) is 17.4 Å². The topological polar surface area (TPSA) is 130 Å². The molecule has 2 aromatic carbocycles. The maximum absolute atomic E-state index is 12.9. The van der Waals surface area contributed by atoms with Crippen LogP contribution >= 0.6 is 0 Å². The van der Waals surface area contributed by atoms with E-state index in [9.17, 15) is 20.0 Å². The highest BCUT2D eigenvalue weighted by molar-refractivity contribution is 6.10. The number of hydrogen-bond donors (Lipinski definition) is 3. The second-order valence-electron chi connectivity index (χ2n) is 7.14. The molecule has 0 aliphatic rings.